The molecule has 1 aromatic heterocycles. The fourth-order valence-corrected chi connectivity index (χ4v) is 0.953. The summed E-state index contributed by atoms with van der Waals surface area (Å²) in [4.78, 5) is 3.89. The van der Waals surface area contributed by atoms with Crippen LogP contribution >= 0.6 is 0 Å². The summed E-state index contributed by atoms with van der Waals surface area (Å²) in [5.41, 5.74) is 0.638. The minimum Gasteiger partial charge on any atom is -0.322 e. The van der Waals surface area contributed by atoms with Crippen molar-refractivity contribution >= 4 is 0 Å². The molecule has 0 saturated heterocycles. The molecule has 0 unspecified atom stereocenters. The molecule has 0 radical (unpaired) electrons. The molecule has 3 nitrogen and oxygen atoms in total. The molecule has 0 aliphatic heterocycles. The molecule has 1 rings (SSSR count). The van der Waals surface area contributed by atoms with Gasteiger partial charge >= 0.3 is 0 Å². The highest BCUT2D eigenvalue weighted by molar-refractivity contribution is 5.16. The molecule has 0 N–H and O–H groups in total. The van der Waals surface area contributed by atoms with E-state index in [1.807, 2.05) is 4.57 Å². The molecule has 0 saturated carbocycles. The molecular formula is C8H11N3. The minimum absolute atomic E-state index is 0.552. The second-order valence-corrected chi connectivity index (χ2v) is 2.94. The largest absolute Gasteiger partial charge is 0.322 e. The van der Waals surface area contributed by atoms with Gasteiger partial charge in [-0.05, 0) is 5.92 Å². The van der Waals surface area contributed by atoms with Crippen LogP contribution in [0.25, 0.3) is 0 Å². The van der Waals surface area contributed by atoms with Gasteiger partial charge in [0, 0.05) is 6.54 Å². The molecule has 1 heterocycles. The van der Waals surface area contributed by atoms with Crippen LogP contribution in [0.15, 0.2) is 12.5 Å². The van der Waals surface area contributed by atoms with Crippen molar-refractivity contribution in [1.82, 2.24) is 9.55 Å². The maximum atomic E-state index is 8.61. The summed E-state index contributed by atoms with van der Waals surface area (Å²) in [6, 6.07) is 2.08. The average Bonchev–Trinajstić information content (AvgIpc) is 2.34. The average molecular weight is 149 g/mol. The van der Waals surface area contributed by atoms with E-state index in [1.54, 1.807) is 12.5 Å². The third-order valence-corrected chi connectivity index (χ3v) is 1.39. The molecule has 0 fully saturated rings. The summed E-state index contributed by atoms with van der Waals surface area (Å²) in [7, 11) is 0. The van der Waals surface area contributed by atoms with E-state index in [0.29, 0.717) is 11.6 Å². The van der Waals surface area contributed by atoms with Crippen molar-refractivity contribution < 1.29 is 0 Å². The number of nitrogens with zero attached hydrogens (tertiary/aromatic N) is 3. The van der Waals surface area contributed by atoms with E-state index >= 15 is 0 Å². The lowest BCUT2D eigenvalue weighted by Crippen LogP contribution is -2.04. The van der Waals surface area contributed by atoms with Crippen LogP contribution in [0.1, 0.15) is 19.5 Å². The Hall–Kier alpha value is -1.30. The summed E-state index contributed by atoms with van der Waals surface area (Å²) in [6.07, 6.45) is 3.28. The molecule has 0 atom stereocenters. The van der Waals surface area contributed by atoms with Gasteiger partial charge in [0.15, 0.2) is 0 Å². The number of hydrogen-bond acceptors (Lipinski definition) is 2. The lowest BCUT2D eigenvalue weighted by molar-refractivity contribution is 0.519. The first-order chi connectivity index (χ1) is 5.24. The van der Waals surface area contributed by atoms with E-state index in [4.69, 9.17) is 5.26 Å². The maximum absolute atomic E-state index is 8.61. The van der Waals surface area contributed by atoms with Crippen molar-refractivity contribution in [1.29, 1.82) is 5.26 Å². The zero-order valence-electron chi connectivity index (χ0n) is 6.78. The van der Waals surface area contributed by atoms with Crippen LogP contribution in [0.5, 0.6) is 0 Å². The fourth-order valence-electron chi connectivity index (χ4n) is 0.953. The molecule has 58 valence electrons. The first kappa shape index (κ1) is 7.80. The predicted molar refractivity (Wildman–Crippen MR) is 41.8 cm³/mol. The van der Waals surface area contributed by atoms with Gasteiger partial charge in [-0.2, -0.15) is 5.26 Å². The highest BCUT2D eigenvalue weighted by Gasteiger charge is 2.01. The number of imidazole rings is 1. The van der Waals surface area contributed by atoms with Crippen molar-refractivity contribution in [3.05, 3.63) is 18.2 Å². The topological polar surface area (TPSA) is 41.6 Å². The zero-order valence-corrected chi connectivity index (χ0v) is 6.78. The van der Waals surface area contributed by atoms with Gasteiger partial charge in [-0.15, -0.1) is 0 Å². The Morgan fingerprint density at radius 1 is 1.73 bits per heavy atom. The second-order valence-electron chi connectivity index (χ2n) is 2.94. The van der Waals surface area contributed by atoms with Gasteiger partial charge in [0.1, 0.15) is 11.8 Å². The summed E-state index contributed by atoms with van der Waals surface area (Å²) >= 11 is 0. The molecule has 0 aliphatic carbocycles. The van der Waals surface area contributed by atoms with Crippen LogP contribution in [0.4, 0.5) is 0 Å². The van der Waals surface area contributed by atoms with Crippen LogP contribution in [0.2, 0.25) is 0 Å². The standard InChI is InChI=1S/C8H11N3/c1-7(2)5-11-6-10-4-8(11)3-9/h4,6-7H,5H2,1-2H3. The minimum atomic E-state index is 0.552. The van der Waals surface area contributed by atoms with E-state index < -0.39 is 0 Å². The first-order valence-corrected chi connectivity index (χ1v) is 3.64. The Balaban J connectivity index is 2.79. The van der Waals surface area contributed by atoms with Crippen molar-refractivity contribution in [3.8, 4) is 6.07 Å². The van der Waals surface area contributed by atoms with E-state index in [9.17, 15) is 0 Å². The van der Waals surface area contributed by atoms with Gasteiger partial charge in [0.25, 0.3) is 0 Å². The number of aromatic nitrogens is 2. The van der Waals surface area contributed by atoms with Gasteiger partial charge < -0.3 is 4.57 Å². The Morgan fingerprint density at radius 3 is 3.00 bits per heavy atom. The molecule has 0 bridgehead atoms. The molecule has 0 amide bonds. The third-order valence-electron chi connectivity index (χ3n) is 1.39. The quantitative estimate of drug-likeness (QED) is 0.638. The Kier molecular flexibility index (Phi) is 2.27. The van der Waals surface area contributed by atoms with E-state index in [-0.39, 0.29) is 0 Å². The van der Waals surface area contributed by atoms with Crippen molar-refractivity contribution in [2.24, 2.45) is 5.92 Å². The molecular weight excluding hydrogens is 138 g/mol. The highest BCUT2D eigenvalue weighted by atomic mass is 15.0. The van der Waals surface area contributed by atoms with Crippen molar-refractivity contribution in [2.75, 3.05) is 0 Å². The zero-order chi connectivity index (χ0) is 8.27. The Labute approximate surface area is 66.3 Å². The maximum Gasteiger partial charge on any atom is 0.139 e. The molecule has 11 heavy (non-hydrogen) atoms. The monoisotopic (exact) mass is 149 g/mol. The van der Waals surface area contributed by atoms with Crippen molar-refractivity contribution in [3.63, 3.8) is 0 Å². The van der Waals surface area contributed by atoms with Gasteiger partial charge in [-0.3, -0.25) is 0 Å². The van der Waals surface area contributed by atoms with E-state index in [2.05, 4.69) is 24.9 Å². The molecule has 1 aromatic rings. The van der Waals surface area contributed by atoms with Crippen LogP contribution in [0.3, 0.4) is 0 Å². The summed E-state index contributed by atoms with van der Waals surface area (Å²) < 4.78 is 1.87. The lowest BCUT2D eigenvalue weighted by atomic mass is 10.2. The lowest BCUT2D eigenvalue weighted by Gasteiger charge is -2.05. The number of nitriles is 1. The van der Waals surface area contributed by atoms with Gasteiger partial charge in [-0.25, -0.2) is 4.98 Å². The summed E-state index contributed by atoms with van der Waals surface area (Å²) in [5.74, 6) is 0.552. The Morgan fingerprint density at radius 2 is 2.45 bits per heavy atom. The first-order valence-electron chi connectivity index (χ1n) is 3.64. The molecule has 0 aromatic carbocycles. The molecule has 3 heteroatoms. The van der Waals surface area contributed by atoms with Gasteiger partial charge in [0.05, 0.1) is 12.5 Å². The molecule has 0 spiro atoms. The fraction of sp³-hybridized carbons (Fsp3) is 0.500. The summed E-state index contributed by atoms with van der Waals surface area (Å²) in [5, 5.41) is 8.61. The van der Waals surface area contributed by atoms with E-state index in [0.717, 1.165) is 6.54 Å². The smallest absolute Gasteiger partial charge is 0.139 e. The number of hydrogen-bond donors (Lipinski definition) is 0. The van der Waals surface area contributed by atoms with Crippen LogP contribution in [0, 0.1) is 17.2 Å². The summed E-state index contributed by atoms with van der Waals surface area (Å²) in [6.45, 7) is 5.09. The Bertz CT molecular complexity index is 267. The SMILES string of the molecule is CC(C)Cn1cncc1C#N. The molecule has 0 aliphatic rings. The van der Waals surface area contributed by atoms with Crippen molar-refractivity contribution in [2.45, 2.75) is 20.4 Å². The van der Waals surface area contributed by atoms with Crippen LogP contribution in [-0.4, -0.2) is 9.55 Å². The third kappa shape index (κ3) is 1.81. The predicted octanol–water partition coefficient (Wildman–Crippen LogP) is 1.41. The van der Waals surface area contributed by atoms with Crippen LogP contribution < -0.4 is 0 Å². The van der Waals surface area contributed by atoms with Gasteiger partial charge in [-0.1, -0.05) is 13.8 Å². The number of rotatable bonds is 2. The normalized spacial score (nSPS) is 10.0. The highest BCUT2D eigenvalue weighted by Crippen LogP contribution is 2.02. The second kappa shape index (κ2) is 3.20. The van der Waals surface area contributed by atoms with Crippen LogP contribution in [-0.2, 0) is 6.54 Å². The van der Waals surface area contributed by atoms with E-state index in [1.165, 1.54) is 0 Å². The van der Waals surface area contributed by atoms with Gasteiger partial charge in [0.2, 0.25) is 0 Å².